The maximum atomic E-state index is 11.7. The molecule has 0 fully saturated rings. The van der Waals surface area contributed by atoms with Crippen LogP contribution in [0.1, 0.15) is 59.2 Å². The first-order valence-electron chi connectivity index (χ1n) is 18.4. The zero-order chi connectivity index (χ0) is 41.7. The second kappa shape index (κ2) is 14.7. The van der Waals surface area contributed by atoms with Crippen LogP contribution in [0.4, 0.5) is 0 Å². The van der Waals surface area contributed by atoms with Gasteiger partial charge in [0.25, 0.3) is 0 Å². The number of nitrogens with zero attached hydrogens (tertiary/aromatic N) is 4. The minimum absolute atomic E-state index is 0.0201. The summed E-state index contributed by atoms with van der Waals surface area (Å²) in [5.41, 5.74) is 7.81. The Balaban J connectivity index is 1.36. The highest BCUT2D eigenvalue weighted by atomic mass is 16.5. The number of fused-ring (bicyclic) bond motifs is 5. The molecule has 12 nitrogen and oxygen atoms in total. The quantitative estimate of drug-likeness (QED) is 0.232. The Morgan fingerprint density at radius 2 is 0.733 bits per heavy atom. The van der Waals surface area contributed by atoms with E-state index in [1.165, 1.54) is 48.5 Å². The number of allylic oxidation sites excluding steroid dienone is 8. The lowest BCUT2D eigenvalue weighted by molar-refractivity contribution is -0.435. The lowest BCUT2D eigenvalue weighted by atomic mass is 9.97. The number of carboxylic acids is 3. The van der Waals surface area contributed by atoms with Crippen LogP contribution in [0.2, 0.25) is 0 Å². The van der Waals surface area contributed by atoms with Crippen molar-refractivity contribution >= 4 is 63.3 Å². The molecule has 12 heteroatoms. The van der Waals surface area contributed by atoms with E-state index in [1.54, 1.807) is 97.1 Å². The van der Waals surface area contributed by atoms with Gasteiger partial charge in [-0.15, -0.1) is 11.4 Å². The second-order valence-corrected chi connectivity index (χ2v) is 13.8. The summed E-state index contributed by atoms with van der Waals surface area (Å²) in [7, 11) is 0. The molecule has 290 valence electrons. The molecule has 1 aromatic heterocycles. The Bertz CT molecular complexity index is 3120. The predicted molar refractivity (Wildman–Crippen MR) is 213 cm³/mol. The number of hydrogen-bond donors (Lipinski definition) is 0. The molecule has 8 bridgehead atoms. The van der Waals surface area contributed by atoms with Crippen molar-refractivity contribution in [3.8, 4) is 0 Å². The summed E-state index contributed by atoms with van der Waals surface area (Å²) in [4.78, 5) is 55.5. The Labute approximate surface area is 340 Å². The van der Waals surface area contributed by atoms with Gasteiger partial charge in [0.15, 0.2) is 0 Å². The highest BCUT2D eigenvalue weighted by Gasteiger charge is 2.25. The third kappa shape index (κ3) is 6.69. The van der Waals surface area contributed by atoms with Crippen molar-refractivity contribution in [1.29, 1.82) is 0 Å². The maximum absolute atomic E-state index is 11.7. The van der Waals surface area contributed by atoms with Gasteiger partial charge in [-0.3, -0.25) is 0 Å². The Morgan fingerprint density at radius 1 is 0.383 bits per heavy atom. The van der Waals surface area contributed by atoms with Crippen LogP contribution in [-0.2, 0) is 0 Å². The zero-order valence-corrected chi connectivity index (χ0v) is 30.9. The standard InChI is InChI=1S/C48H30N4O8/c53-45(54)29-9-1-25(2-10-29)41-33-17-19-35(49-33)42(26-3-11-30(12-4-26)46(55)56)37-21-23-39(51-37)44(28-7-15-32(16-8-28)48(59)60)40-24-22-38(52-40)43(36-20-18-34(41)50-36)27-5-13-31(14-6-27)47(57)58/h1-24H,(H6,49,50,51,52,53,54,55,56,57,58,59,60)/p-6. The van der Waals surface area contributed by atoms with Crippen LogP contribution in [0.25, 0.3) is 28.2 Å². The van der Waals surface area contributed by atoms with Gasteiger partial charge in [0.05, 0.1) is 52.1 Å². The van der Waals surface area contributed by atoms with E-state index in [4.69, 9.17) is 20.0 Å². The van der Waals surface area contributed by atoms with E-state index in [-0.39, 0.29) is 21.9 Å². The van der Waals surface area contributed by atoms with Gasteiger partial charge in [-0.05, 0) is 91.4 Å². The monoisotopic (exact) mass is 784 g/mol. The molecule has 9 rings (SSSR count). The van der Waals surface area contributed by atoms with E-state index in [2.05, 4.69) is 0 Å². The average Bonchev–Trinajstić information content (AvgIpc) is 4.10. The van der Waals surface area contributed by atoms with Crippen molar-refractivity contribution in [3.05, 3.63) is 218 Å². The number of aliphatic imine (C=N–C) groups is 3. The Morgan fingerprint density at radius 3 is 1.12 bits per heavy atom. The number of aromatic carboxylic acids is 3. The van der Waals surface area contributed by atoms with Crippen molar-refractivity contribution in [1.82, 2.24) is 4.98 Å². The highest BCUT2D eigenvalue weighted by Crippen LogP contribution is 2.37. The first-order chi connectivity index (χ1) is 29.0. The molecular formula is C48H24N4O8-6. The fourth-order valence-corrected chi connectivity index (χ4v) is 7.36. The van der Waals surface area contributed by atoms with Crippen LogP contribution < -0.4 is 41.0 Å². The van der Waals surface area contributed by atoms with E-state index in [0.717, 1.165) is 0 Å². The molecule has 0 N–H and O–H groups in total. The zero-order valence-electron chi connectivity index (χ0n) is 30.9. The van der Waals surface area contributed by atoms with E-state index in [9.17, 15) is 39.9 Å². The molecule has 0 unspecified atom stereocenters. The van der Waals surface area contributed by atoms with Gasteiger partial charge in [0, 0.05) is 11.1 Å². The lowest BCUT2D eigenvalue weighted by Crippen LogP contribution is -2.27. The molecule has 60 heavy (non-hydrogen) atoms. The molecule has 0 spiro atoms. The van der Waals surface area contributed by atoms with Crippen molar-refractivity contribution in [2.24, 2.45) is 15.0 Å². The first kappa shape index (κ1) is 37.0. The molecule has 0 aliphatic carbocycles. The minimum Gasteiger partial charge on any atom is -0.884 e. The molecule has 0 saturated carbocycles. The van der Waals surface area contributed by atoms with Gasteiger partial charge in [-0.2, -0.15) is 5.95 Å². The number of carbonyl (C=O) groups excluding carboxylic acids is 3. The number of benzene rings is 4. The normalized spacial score (nSPS) is 15.4. The number of hydrogen-bond acceptors (Lipinski definition) is 11. The first-order valence-corrected chi connectivity index (χ1v) is 18.4. The summed E-state index contributed by atoms with van der Waals surface area (Å²) in [6, 6.07) is 28.2. The van der Waals surface area contributed by atoms with Gasteiger partial charge in [0.2, 0.25) is 0 Å². The van der Waals surface area contributed by atoms with Crippen LogP contribution >= 0.6 is 0 Å². The van der Waals surface area contributed by atoms with Crippen LogP contribution in [0.15, 0.2) is 178 Å². The Hall–Kier alpha value is -8.64. The fourth-order valence-electron chi connectivity index (χ4n) is 7.36. The van der Waals surface area contributed by atoms with Crippen molar-refractivity contribution in [2.75, 3.05) is 0 Å². The molecule has 5 heterocycles. The van der Waals surface area contributed by atoms with E-state index in [0.29, 0.717) is 89.8 Å². The summed E-state index contributed by atoms with van der Waals surface area (Å²) >= 11 is 0. The summed E-state index contributed by atoms with van der Waals surface area (Å²) < 4.78 is 0. The van der Waals surface area contributed by atoms with Crippen LogP contribution in [0, 0.1) is 0 Å². The van der Waals surface area contributed by atoms with Crippen molar-refractivity contribution in [3.63, 3.8) is 0 Å². The summed E-state index contributed by atoms with van der Waals surface area (Å²) in [5, 5.41) is 59.1. The largest absolute Gasteiger partial charge is 0.884 e. The average molecular weight is 785 g/mol. The van der Waals surface area contributed by atoms with Crippen molar-refractivity contribution in [2.45, 2.75) is 0 Å². The molecule has 4 aromatic carbocycles. The van der Waals surface area contributed by atoms with Crippen molar-refractivity contribution < 1.29 is 39.9 Å². The summed E-state index contributed by atoms with van der Waals surface area (Å²) in [6.07, 6.45) is 10.8. The number of aromatic nitrogens is 1. The second-order valence-electron chi connectivity index (χ2n) is 13.8. The van der Waals surface area contributed by atoms with Gasteiger partial charge >= 0.3 is 0 Å². The number of carboxylic acid groups (broad SMARTS) is 3. The Kier molecular flexibility index (Phi) is 9.06. The summed E-state index contributed by atoms with van der Waals surface area (Å²) in [5.74, 6) is -5.34. The van der Waals surface area contributed by atoms with Crippen LogP contribution in [0.3, 0.4) is 0 Å². The van der Waals surface area contributed by atoms with Gasteiger partial charge in [0.1, 0.15) is 0 Å². The molecule has 5 aromatic rings. The molecule has 4 aliphatic rings. The third-order valence-electron chi connectivity index (χ3n) is 10.2. The SMILES string of the molecule is O=C([O-])c1ccc(C2=C3C=CC(=N3)C(c3ccc(C(=O)[O-])cc3)=C3C=CC(=N3)C(=c3ccc(=C([O-])[O-])cc3)c3ccc([n-]3)C(c3ccc(C(=O)[O-])cc3)=C3C=CC2=N3)cc1. The number of rotatable bonds is 6. The van der Waals surface area contributed by atoms with E-state index < -0.39 is 23.9 Å². The van der Waals surface area contributed by atoms with Crippen LogP contribution in [0.5, 0.6) is 0 Å². The molecule has 0 atom stereocenters. The molecule has 4 aliphatic heterocycles. The smallest absolute Gasteiger partial charge is 0.0738 e. The van der Waals surface area contributed by atoms with Crippen LogP contribution in [-0.4, -0.2) is 35.0 Å². The third-order valence-corrected chi connectivity index (χ3v) is 10.2. The molecule has 0 radical (unpaired) electrons. The van der Waals surface area contributed by atoms with Gasteiger partial charge in [-0.25, -0.2) is 15.0 Å². The molecule has 0 saturated heterocycles. The predicted octanol–water partition coefficient (Wildman–Crippen LogP) is 0.348. The lowest BCUT2D eigenvalue weighted by Gasteiger charge is -2.19. The topological polar surface area (TPSA) is 218 Å². The highest BCUT2D eigenvalue weighted by molar-refractivity contribution is 6.37. The van der Waals surface area contributed by atoms with E-state index in [1.807, 2.05) is 0 Å². The minimum atomic E-state index is -1.34. The summed E-state index contributed by atoms with van der Waals surface area (Å²) in [6.45, 7) is 0. The van der Waals surface area contributed by atoms with Gasteiger partial charge in [-0.1, -0.05) is 109 Å². The van der Waals surface area contributed by atoms with Gasteiger partial charge < -0.3 is 44.9 Å². The molecular weight excluding hydrogens is 761 g/mol. The fraction of sp³-hybridized carbons (Fsp3) is 0. The number of carbonyl (C=O) groups is 3. The van der Waals surface area contributed by atoms with E-state index >= 15 is 0 Å². The maximum Gasteiger partial charge on any atom is 0.0738 e. The molecule has 0 amide bonds.